The van der Waals surface area contributed by atoms with Crippen LogP contribution in [0.5, 0.6) is 5.75 Å². The molecule has 2 N–H and O–H groups in total. The number of benzene rings is 3. The zero-order valence-corrected chi connectivity index (χ0v) is 18.0. The average molecular weight is 440 g/mol. The molecule has 2 aromatic heterocycles. The van der Waals surface area contributed by atoms with E-state index >= 15 is 0 Å². The molecule has 3 aromatic carbocycles. The Morgan fingerprint density at radius 1 is 1.06 bits per heavy atom. The summed E-state index contributed by atoms with van der Waals surface area (Å²) in [5.74, 6) is 0.818. The molecule has 5 aromatic rings. The van der Waals surface area contributed by atoms with Crippen molar-refractivity contribution in [3.63, 3.8) is 0 Å². The predicted octanol–water partition coefficient (Wildman–Crippen LogP) is 4.28. The minimum Gasteiger partial charge on any atom is -0.493 e. The molecule has 33 heavy (non-hydrogen) atoms. The van der Waals surface area contributed by atoms with Gasteiger partial charge in [-0.1, -0.05) is 30.3 Å². The Kier molecular flexibility index (Phi) is 5.06. The Morgan fingerprint density at radius 3 is 2.61 bits per heavy atom. The Morgan fingerprint density at radius 2 is 1.88 bits per heavy atom. The van der Waals surface area contributed by atoms with Gasteiger partial charge in [-0.3, -0.25) is 4.57 Å². The van der Waals surface area contributed by atoms with Gasteiger partial charge in [0.2, 0.25) is 5.82 Å². The minimum absolute atomic E-state index is 0.192. The highest BCUT2D eigenvalue weighted by Gasteiger charge is 2.19. The molecular weight excluding hydrogens is 420 g/mol. The molecule has 9 heteroatoms. The molecule has 0 amide bonds. The van der Waals surface area contributed by atoms with Crippen LogP contribution in [0.25, 0.3) is 39.2 Å². The van der Waals surface area contributed by atoms with E-state index in [1.54, 1.807) is 12.1 Å². The molecule has 0 saturated carbocycles. The van der Waals surface area contributed by atoms with Gasteiger partial charge in [0.1, 0.15) is 11.6 Å². The molecule has 164 valence electrons. The lowest BCUT2D eigenvalue weighted by atomic mass is 9.98. The smallest absolute Gasteiger partial charge is 0.337 e. The molecule has 0 bridgehead atoms. The van der Waals surface area contributed by atoms with E-state index in [9.17, 15) is 9.90 Å². The Hall–Kier alpha value is -4.53. The van der Waals surface area contributed by atoms with Crippen molar-refractivity contribution >= 4 is 17.0 Å². The van der Waals surface area contributed by atoms with Crippen molar-refractivity contribution < 1.29 is 14.6 Å². The van der Waals surface area contributed by atoms with E-state index in [0.29, 0.717) is 35.0 Å². The number of aromatic carboxylic acids is 1. The number of hydrogen-bond acceptors (Lipinski definition) is 6. The highest BCUT2D eigenvalue weighted by Crippen LogP contribution is 2.38. The number of ether oxygens (including phenoxy) is 1. The molecule has 0 saturated heterocycles. The maximum atomic E-state index is 11.9. The van der Waals surface area contributed by atoms with Gasteiger partial charge in [0.05, 0.1) is 28.9 Å². The van der Waals surface area contributed by atoms with Crippen molar-refractivity contribution in [2.45, 2.75) is 13.8 Å². The van der Waals surface area contributed by atoms with Crippen LogP contribution in [0, 0.1) is 6.92 Å². The topological polar surface area (TPSA) is 119 Å². The van der Waals surface area contributed by atoms with E-state index in [4.69, 9.17) is 4.74 Å². The summed E-state index contributed by atoms with van der Waals surface area (Å²) in [6.07, 6.45) is 0. The predicted molar refractivity (Wildman–Crippen MR) is 123 cm³/mol. The fourth-order valence-corrected chi connectivity index (χ4v) is 4.07. The highest BCUT2D eigenvalue weighted by atomic mass is 16.5. The lowest BCUT2D eigenvalue weighted by molar-refractivity contribution is 0.0698. The average Bonchev–Trinajstić information content (AvgIpc) is 3.46. The molecule has 5 rings (SSSR count). The van der Waals surface area contributed by atoms with Gasteiger partial charge in [-0.15, -0.1) is 10.2 Å². The number of aromatic amines is 1. The number of H-pyrrole nitrogens is 1. The van der Waals surface area contributed by atoms with Crippen LogP contribution in [0.15, 0.2) is 60.7 Å². The van der Waals surface area contributed by atoms with Crippen LogP contribution < -0.4 is 4.74 Å². The Labute approximate surface area is 188 Å². The van der Waals surface area contributed by atoms with E-state index < -0.39 is 5.97 Å². The third kappa shape index (κ3) is 3.49. The maximum Gasteiger partial charge on any atom is 0.337 e. The summed E-state index contributed by atoms with van der Waals surface area (Å²) in [6, 6.07) is 18.6. The number of para-hydroxylation sites is 1. The molecule has 0 unspecified atom stereocenters. The fourth-order valence-electron chi connectivity index (χ4n) is 4.07. The van der Waals surface area contributed by atoms with Gasteiger partial charge in [0, 0.05) is 17.2 Å². The van der Waals surface area contributed by atoms with Crippen LogP contribution in [0.1, 0.15) is 23.1 Å². The van der Waals surface area contributed by atoms with Crippen molar-refractivity contribution in [3.05, 3.63) is 72.1 Å². The van der Waals surface area contributed by atoms with Gasteiger partial charge in [-0.25, -0.2) is 9.78 Å². The molecular formula is C24H20N6O3. The second-order valence-corrected chi connectivity index (χ2v) is 7.37. The van der Waals surface area contributed by atoms with Crippen LogP contribution >= 0.6 is 0 Å². The Bertz CT molecular complexity index is 1470. The van der Waals surface area contributed by atoms with Crippen molar-refractivity contribution in [1.82, 2.24) is 30.2 Å². The number of imidazole rings is 1. The first-order valence-electron chi connectivity index (χ1n) is 10.4. The summed E-state index contributed by atoms with van der Waals surface area (Å²) in [4.78, 5) is 16.4. The van der Waals surface area contributed by atoms with Crippen molar-refractivity contribution in [1.29, 1.82) is 0 Å². The number of carboxylic acid groups (broad SMARTS) is 1. The zero-order chi connectivity index (χ0) is 22.9. The summed E-state index contributed by atoms with van der Waals surface area (Å²) in [7, 11) is 0. The van der Waals surface area contributed by atoms with Gasteiger partial charge in [-0.2, -0.15) is 5.21 Å². The molecule has 2 heterocycles. The van der Waals surface area contributed by atoms with Crippen molar-refractivity contribution in [3.8, 4) is 34.0 Å². The number of fused-ring (bicyclic) bond motifs is 1. The molecule has 0 spiro atoms. The SMILES string of the molecule is CCOc1cc(-n2c(C)nc3cccc(C(=O)O)c32)ccc1-c1ccccc1-c1nn[nH]n1. The summed E-state index contributed by atoms with van der Waals surface area (Å²) in [5.41, 5.74) is 4.69. The number of tetrazole rings is 1. The first-order valence-corrected chi connectivity index (χ1v) is 10.4. The van der Waals surface area contributed by atoms with E-state index in [0.717, 1.165) is 22.4 Å². The van der Waals surface area contributed by atoms with E-state index in [-0.39, 0.29) is 5.56 Å². The summed E-state index contributed by atoms with van der Waals surface area (Å²) >= 11 is 0. The molecule has 0 atom stereocenters. The second kappa shape index (κ2) is 8.19. The van der Waals surface area contributed by atoms with Crippen molar-refractivity contribution in [2.75, 3.05) is 6.61 Å². The van der Waals surface area contributed by atoms with Gasteiger partial charge < -0.3 is 9.84 Å². The molecule has 0 aliphatic rings. The monoisotopic (exact) mass is 440 g/mol. The number of nitrogens with one attached hydrogen (secondary N) is 1. The lowest BCUT2D eigenvalue weighted by Crippen LogP contribution is -2.04. The van der Waals surface area contributed by atoms with Crippen LogP contribution in [0.4, 0.5) is 0 Å². The van der Waals surface area contributed by atoms with Crippen molar-refractivity contribution in [2.24, 2.45) is 0 Å². The fraction of sp³-hybridized carbons (Fsp3) is 0.125. The second-order valence-electron chi connectivity index (χ2n) is 7.37. The van der Waals surface area contributed by atoms with E-state index in [2.05, 4.69) is 25.6 Å². The quantitative estimate of drug-likeness (QED) is 0.404. The van der Waals surface area contributed by atoms with Gasteiger partial charge in [0.25, 0.3) is 0 Å². The van der Waals surface area contributed by atoms with Crippen LogP contribution in [-0.2, 0) is 0 Å². The number of aryl methyl sites for hydroxylation is 1. The third-order valence-electron chi connectivity index (χ3n) is 5.40. The first kappa shape index (κ1) is 20.4. The molecule has 0 aliphatic heterocycles. The largest absolute Gasteiger partial charge is 0.493 e. The number of carbonyl (C=O) groups is 1. The number of nitrogens with zero attached hydrogens (tertiary/aromatic N) is 5. The summed E-state index contributed by atoms with van der Waals surface area (Å²) in [6.45, 7) is 4.23. The van der Waals surface area contributed by atoms with E-state index in [1.165, 1.54) is 0 Å². The lowest BCUT2D eigenvalue weighted by Gasteiger charge is -2.16. The van der Waals surface area contributed by atoms with Gasteiger partial charge in [0.15, 0.2) is 0 Å². The highest BCUT2D eigenvalue weighted by molar-refractivity contribution is 6.02. The summed E-state index contributed by atoms with van der Waals surface area (Å²) in [5, 5.41) is 24.1. The molecule has 0 aliphatic carbocycles. The van der Waals surface area contributed by atoms with E-state index in [1.807, 2.05) is 66.9 Å². The summed E-state index contributed by atoms with van der Waals surface area (Å²) < 4.78 is 7.86. The first-order chi connectivity index (χ1) is 16.1. The van der Waals surface area contributed by atoms with Crippen LogP contribution in [-0.4, -0.2) is 47.9 Å². The zero-order valence-electron chi connectivity index (χ0n) is 18.0. The number of hydrogen-bond donors (Lipinski definition) is 2. The third-order valence-corrected chi connectivity index (χ3v) is 5.40. The molecule has 9 nitrogen and oxygen atoms in total. The maximum absolute atomic E-state index is 11.9. The number of rotatable bonds is 6. The van der Waals surface area contributed by atoms with Crippen LogP contribution in [0.2, 0.25) is 0 Å². The minimum atomic E-state index is -1.00. The van der Waals surface area contributed by atoms with Gasteiger partial charge >= 0.3 is 5.97 Å². The van der Waals surface area contributed by atoms with Crippen LogP contribution in [0.3, 0.4) is 0 Å². The Balaban J connectivity index is 1.72. The normalized spacial score (nSPS) is 11.1. The number of aromatic nitrogens is 6. The molecule has 0 fully saturated rings. The standard InChI is InChI=1S/C24H20N6O3/c1-3-33-21-13-15(30-14(2)25-20-10-6-9-19(22(20)30)24(31)32)11-12-17(21)16-7-4-5-8-18(16)23-26-28-29-27-23/h4-13H,3H2,1-2H3,(H,31,32)(H,26,27,28,29). The molecule has 0 radical (unpaired) electrons. The van der Waals surface area contributed by atoms with Gasteiger partial charge in [-0.05, 0) is 48.9 Å². The number of carboxylic acids is 1.